The first-order valence-electron chi connectivity index (χ1n) is 5.46. The third-order valence-corrected chi connectivity index (χ3v) is 5.59. The van der Waals surface area contributed by atoms with Gasteiger partial charge in [-0.15, -0.1) is 22.9 Å². The van der Waals surface area contributed by atoms with E-state index in [4.69, 9.17) is 11.6 Å². The number of rotatable bonds is 3. The summed E-state index contributed by atoms with van der Waals surface area (Å²) in [5.74, 6) is 0. The molecule has 0 aliphatic rings. The Bertz CT molecular complexity index is 490. The van der Waals surface area contributed by atoms with Crippen molar-refractivity contribution in [1.29, 1.82) is 0 Å². The van der Waals surface area contributed by atoms with Crippen molar-refractivity contribution in [2.45, 2.75) is 24.6 Å². The quantitative estimate of drug-likeness (QED) is 0.627. The molecule has 0 bridgehead atoms. The Labute approximate surface area is 120 Å². The van der Waals surface area contributed by atoms with Crippen molar-refractivity contribution in [3.8, 4) is 0 Å². The minimum absolute atomic E-state index is 0.0128. The zero-order valence-corrected chi connectivity index (χ0v) is 12.9. The first-order valence-corrected chi connectivity index (χ1v) is 7.51. The van der Waals surface area contributed by atoms with E-state index < -0.39 is 0 Å². The van der Waals surface area contributed by atoms with Crippen LogP contribution in [-0.2, 0) is 5.41 Å². The minimum atomic E-state index is -0.0763. The predicted octanol–water partition coefficient (Wildman–Crippen LogP) is 5.77. The van der Waals surface area contributed by atoms with E-state index in [0.29, 0.717) is 0 Å². The van der Waals surface area contributed by atoms with Gasteiger partial charge in [-0.05, 0) is 33.6 Å². The van der Waals surface area contributed by atoms with Crippen molar-refractivity contribution >= 4 is 38.9 Å². The summed E-state index contributed by atoms with van der Waals surface area (Å²) in [5.41, 5.74) is 1.19. The van der Waals surface area contributed by atoms with E-state index >= 15 is 0 Å². The Morgan fingerprint density at radius 1 is 1.12 bits per heavy atom. The molecule has 17 heavy (non-hydrogen) atoms. The topological polar surface area (TPSA) is 0 Å². The van der Waals surface area contributed by atoms with Crippen molar-refractivity contribution in [2.24, 2.45) is 0 Å². The van der Waals surface area contributed by atoms with Gasteiger partial charge < -0.3 is 0 Å². The van der Waals surface area contributed by atoms with Gasteiger partial charge in [-0.1, -0.05) is 44.2 Å². The Balaban J connectivity index is 2.33. The van der Waals surface area contributed by atoms with Gasteiger partial charge in [0, 0.05) is 10.3 Å². The average molecular weight is 330 g/mol. The maximum atomic E-state index is 6.64. The minimum Gasteiger partial charge on any atom is -0.132 e. The van der Waals surface area contributed by atoms with Gasteiger partial charge in [0.15, 0.2) is 0 Å². The molecule has 2 aromatic rings. The molecule has 0 N–H and O–H groups in total. The van der Waals surface area contributed by atoms with Crippen LogP contribution in [0.2, 0.25) is 0 Å². The Morgan fingerprint density at radius 2 is 1.76 bits per heavy atom. The van der Waals surface area contributed by atoms with Crippen LogP contribution in [0.4, 0.5) is 0 Å². The van der Waals surface area contributed by atoms with Crippen LogP contribution >= 0.6 is 38.9 Å². The van der Waals surface area contributed by atoms with Crippen molar-refractivity contribution in [1.82, 2.24) is 0 Å². The van der Waals surface area contributed by atoms with Crippen LogP contribution in [0.25, 0.3) is 0 Å². The second-order valence-electron chi connectivity index (χ2n) is 4.59. The fourth-order valence-corrected chi connectivity index (χ4v) is 3.75. The fourth-order valence-electron chi connectivity index (χ4n) is 1.83. The van der Waals surface area contributed by atoms with E-state index in [0.717, 1.165) is 3.79 Å². The van der Waals surface area contributed by atoms with Crippen LogP contribution < -0.4 is 0 Å². The van der Waals surface area contributed by atoms with E-state index in [1.807, 2.05) is 6.07 Å². The van der Waals surface area contributed by atoms with Crippen LogP contribution in [0, 0.1) is 0 Å². The van der Waals surface area contributed by atoms with Crippen LogP contribution in [-0.4, -0.2) is 0 Å². The van der Waals surface area contributed by atoms with E-state index in [2.05, 4.69) is 66.2 Å². The third kappa shape index (κ3) is 2.75. The molecule has 0 aliphatic carbocycles. The van der Waals surface area contributed by atoms with Gasteiger partial charge in [-0.25, -0.2) is 0 Å². The highest BCUT2D eigenvalue weighted by Gasteiger charge is 2.31. The van der Waals surface area contributed by atoms with Crippen molar-refractivity contribution in [3.63, 3.8) is 0 Å². The van der Waals surface area contributed by atoms with Crippen molar-refractivity contribution in [3.05, 3.63) is 56.7 Å². The van der Waals surface area contributed by atoms with Gasteiger partial charge in [0.2, 0.25) is 0 Å². The van der Waals surface area contributed by atoms with Gasteiger partial charge in [0.1, 0.15) is 0 Å². The number of alkyl halides is 1. The van der Waals surface area contributed by atoms with Gasteiger partial charge in [-0.3, -0.25) is 0 Å². The molecule has 1 aromatic carbocycles. The molecular formula is C14H14BrClS. The van der Waals surface area contributed by atoms with Crippen LogP contribution in [0.5, 0.6) is 0 Å². The average Bonchev–Trinajstić information content (AvgIpc) is 2.76. The molecule has 3 heteroatoms. The summed E-state index contributed by atoms with van der Waals surface area (Å²) < 4.78 is 1.13. The summed E-state index contributed by atoms with van der Waals surface area (Å²) in [4.78, 5) is 1.20. The highest BCUT2D eigenvalue weighted by atomic mass is 79.9. The van der Waals surface area contributed by atoms with Gasteiger partial charge in [-0.2, -0.15) is 0 Å². The lowest BCUT2D eigenvalue weighted by Crippen LogP contribution is -2.22. The molecule has 0 saturated carbocycles. The molecule has 0 spiro atoms. The van der Waals surface area contributed by atoms with Crippen molar-refractivity contribution in [2.75, 3.05) is 0 Å². The summed E-state index contributed by atoms with van der Waals surface area (Å²) in [6, 6.07) is 14.6. The standard InChI is InChI=1S/C14H14BrClS/c1-14(2,10-6-4-3-5-7-10)13(16)11-8-9-12(15)17-11/h3-9,13H,1-2H3. The molecule has 0 fully saturated rings. The number of hydrogen-bond acceptors (Lipinski definition) is 1. The Hall–Kier alpha value is -0.310. The molecule has 1 unspecified atom stereocenters. The first-order chi connectivity index (χ1) is 8.01. The summed E-state index contributed by atoms with van der Waals surface area (Å²) in [5, 5.41) is -0.0128. The molecule has 0 radical (unpaired) electrons. The van der Waals surface area contributed by atoms with Crippen molar-refractivity contribution < 1.29 is 0 Å². The summed E-state index contributed by atoms with van der Waals surface area (Å²) in [6.07, 6.45) is 0. The SMILES string of the molecule is CC(C)(c1ccccc1)C(Cl)c1ccc(Br)s1. The number of benzene rings is 1. The lowest BCUT2D eigenvalue weighted by atomic mass is 9.81. The molecule has 0 amide bonds. The molecule has 1 heterocycles. The number of hydrogen-bond donors (Lipinski definition) is 0. The zero-order chi connectivity index (χ0) is 12.5. The zero-order valence-electron chi connectivity index (χ0n) is 9.78. The maximum absolute atomic E-state index is 6.64. The van der Waals surface area contributed by atoms with Gasteiger partial charge in [0.05, 0.1) is 9.16 Å². The Morgan fingerprint density at radius 3 is 2.29 bits per heavy atom. The summed E-state index contributed by atoms with van der Waals surface area (Å²) >= 11 is 11.8. The second kappa shape index (κ2) is 5.13. The molecule has 1 atom stereocenters. The molecule has 1 aromatic heterocycles. The van der Waals surface area contributed by atoms with Crippen LogP contribution in [0.1, 0.15) is 29.7 Å². The van der Waals surface area contributed by atoms with Gasteiger partial charge >= 0.3 is 0 Å². The molecule has 0 nitrogen and oxygen atoms in total. The molecule has 0 aliphatic heterocycles. The van der Waals surface area contributed by atoms with Crippen LogP contribution in [0.15, 0.2) is 46.3 Å². The van der Waals surface area contributed by atoms with E-state index in [1.165, 1.54) is 10.4 Å². The normalized spacial score (nSPS) is 13.6. The molecule has 0 saturated heterocycles. The highest BCUT2D eigenvalue weighted by molar-refractivity contribution is 9.11. The Kier molecular flexibility index (Phi) is 3.96. The lowest BCUT2D eigenvalue weighted by Gasteiger charge is -2.30. The third-order valence-electron chi connectivity index (χ3n) is 3.00. The monoisotopic (exact) mass is 328 g/mol. The highest BCUT2D eigenvalue weighted by Crippen LogP contribution is 2.44. The largest absolute Gasteiger partial charge is 0.132 e. The van der Waals surface area contributed by atoms with E-state index in [9.17, 15) is 0 Å². The first kappa shape index (κ1) is 13.1. The molecule has 90 valence electrons. The smallest absolute Gasteiger partial charge is 0.0770 e. The fraction of sp³-hybridized carbons (Fsp3) is 0.286. The molecular weight excluding hydrogens is 316 g/mol. The summed E-state index contributed by atoms with van der Waals surface area (Å²) in [6.45, 7) is 4.38. The number of thiophene rings is 1. The lowest BCUT2D eigenvalue weighted by molar-refractivity contribution is 0.509. The van der Waals surface area contributed by atoms with E-state index in [1.54, 1.807) is 11.3 Å². The predicted molar refractivity (Wildman–Crippen MR) is 80.1 cm³/mol. The maximum Gasteiger partial charge on any atom is 0.0770 e. The van der Waals surface area contributed by atoms with E-state index in [-0.39, 0.29) is 10.8 Å². The molecule has 2 rings (SSSR count). The van der Waals surface area contributed by atoms with Crippen LogP contribution in [0.3, 0.4) is 0 Å². The van der Waals surface area contributed by atoms with Gasteiger partial charge in [0.25, 0.3) is 0 Å². The summed E-state index contributed by atoms with van der Waals surface area (Å²) in [7, 11) is 0. The number of halogens is 2. The second-order valence-corrected chi connectivity index (χ2v) is 7.52.